The summed E-state index contributed by atoms with van der Waals surface area (Å²) in [6, 6.07) is 11.5. The number of fused-ring (bicyclic) bond motifs is 1. The Labute approximate surface area is 167 Å². The number of thiophene rings is 1. The summed E-state index contributed by atoms with van der Waals surface area (Å²) in [6.45, 7) is 1.40. The first-order chi connectivity index (χ1) is 13.0. The first-order valence-electron chi connectivity index (χ1n) is 8.30. The lowest BCUT2D eigenvalue weighted by molar-refractivity contribution is 0.0662. The maximum atomic E-state index is 12.1. The number of carbonyl (C=O) groups is 2. The molecule has 8 heteroatoms. The molecular weight excluding hydrogens is 432 g/mol. The number of halogens is 1. The molecule has 0 unspecified atom stereocenters. The lowest BCUT2D eigenvalue weighted by atomic mass is 9.93. The molecule has 0 spiro atoms. The van der Waals surface area contributed by atoms with E-state index in [-0.39, 0.29) is 23.5 Å². The fourth-order valence-electron chi connectivity index (χ4n) is 2.97. The molecule has 0 atom stereocenters. The Balaban J connectivity index is 1.39. The van der Waals surface area contributed by atoms with Crippen LogP contribution in [0.5, 0.6) is 0 Å². The van der Waals surface area contributed by atoms with Gasteiger partial charge in [0.2, 0.25) is 0 Å². The average molecular weight is 447 g/mol. The second kappa shape index (κ2) is 7.28. The van der Waals surface area contributed by atoms with Gasteiger partial charge in [0.1, 0.15) is 11.5 Å². The Morgan fingerprint density at radius 3 is 2.74 bits per heavy atom. The van der Waals surface area contributed by atoms with Gasteiger partial charge in [-0.1, -0.05) is 30.3 Å². The highest BCUT2D eigenvalue weighted by Crippen LogP contribution is 2.37. The Morgan fingerprint density at radius 2 is 2.04 bits per heavy atom. The van der Waals surface area contributed by atoms with Crippen molar-refractivity contribution in [2.45, 2.75) is 12.5 Å². The number of aromatic nitrogens is 1. The van der Waals surface area contributed by atoms with E-state index in [9.17, 15) is 14.7 Å². The number of carboxylic acids is 1. The molecule has 2 aromatic heterocycles. The summed E-state index contributed by atoms with van der Waals surface area (Å²) in [5.41, 5.74) is 2.61. The zero-order chi connectivity index (χ0) is 19.0. The van der Waals surface area contributed by atoms with E-state index in [1.807, 2.05) is 36.4 Å². The number of pyridine rings is 1. The number of likely N-dealkylation sites (tertiary alicyclic amines) is 1. The second-order valence-corrected chi connectivity index (χ2v) is 8.15. The summed E-state index contributed by atoms with van der Waals surface area (Å²) in [6.07, 6.45) is 1.43. The molecule has 6 nitrogen and oxygen atoms in total. The Hall–Kier alpha value is -2.45. The van der Waals surface area contributed by atoms with E-state index in [4.69, 9.17) is 4.74 Å². The van der Waals surface area contributed by atoms with Crippen LogP contribution in [0.4, 0.5) is 4.79 Å². The van der Waals surface area contributed by atoms with E-state index in [1.165, 1.54) is 11.3 Å². The molecule has 3 heterocycles. The van der Waals surface area contributed by atoms with Crippen molar-refractivity contribution in [1.29, 1.82) is 0 Å². The molecule has 138 valence electrons. The molecule has 0 saturated carbocycles. The molecule has 0 bridgehead atoms. The van der Waals surface area contributed by atoms with Crippen LogP contribution in [-0.2, 0) is 11.3 Å². The number of ether oxygens (including phenoxy) is 1. The highest BCUT2D eigenvalue weighted by atomic mass is 79.9. The molecule has 0 aliphatic carbocycles. The minimum Gasteiger partial charge on any atom is -0.477 e. The number of aromatic carboxylic acids is 1. The Morgan fingerprint density at radius 1 is 1.30 bits per heavy atom. The summed E-state index contributed by atoms with van der Waals surface area (Å²) >= 11 is 4.50. The van der Waals surface area contributed by atoms with Gasteiger partial charge < -0.3 is 14.7 Å². The monoisotopic (exact) mass is 446 g/mol. The Bertz CT molecular complexity index is 1020. The molecule has 1 amide bonds. The van der Waals surface area contributed by atoms with E-state index < -0.39 is 5.97 Å². The summed E-state index contributed by atoms with van der Waals surface area (Å²) < 4.78 is 6.67. The van der Waals surface area contributed by atoms with Crippen LogP contribution in [0.25, 0.3) is 10.2 Å². The van der Waals surface area contributed by atoms with Crippen LogP contribution in [0, 0.1) is 0 Å². The second-order valence-electron chi connectivity index (χ2n) is 6.31. The van der Waals surface area contributed by atoms with Crippen molar-refractivity contribution in [3.8, 4) is 0 Å². The van der Waals surface area contributed by atoms with Crippen LogP contribution in [0.1, 0.15) is 26.7 Å². The van der Waals surface area contributed by atoms with Crippen molar-refractivity contribution in [2.75, 3.05) is 13.1 Å². The predicted molar refractivity (Wildman–Crippen MR) is 105 cm³/mol. The molecule has 1 N–H and O–H groups in total. The number of nitrogens with zero attached hydrogens (tertiary/aromatic N) is 2. The van der Waals surface area contributed by atoms with Crippen LogP contribution in [0.2, 0.25) is 0 Å². The highest BCUT2D eigenvalue weighted by molar-refractivity contribution is 9.10. The minimum atomic E-state index is -0.970. The summed E-state index contributed by atoms with van der Waals surface area (Å²) in [7, 11) is 0. The third kappa shape index (κ3) is 3.54. The summed E-state index contributed by atoms with van der Waals surface area (Å²) in [4.78, 5) is 29.7. The fraction of sp³-hybridized carbons (Fsp3) is 0.211. The number of hydrogen-bond donors (Lipinski definition) is 1. The molecule has 1 fully saturated rings. The normalized spacial score (nSPS) is 14.2. The molecule has 1 aliphatic rings. The van der Waals surface area contributed by atoms with Crippen molar-refractivity contribution >= 4 is 49.5 Å². The van der Waals surface area contributed by atoms with Crippen molar-refractivity contribution in [3.05, 3.63) is 63.1 Å². The van der Waals surface area contributed by atoms with Gasteiger partial charge in [0.05, 0.1) is 14.7 Å². The lowest BCUT2D eigenvalue weighted by Crippen LogP contribution is -2.48. The van der Waals surface area contributed by atoms with Gasteiger partial charge in [-0.2, -0.15) is 0 Å². The largest absolute Gasteiger partial charge is 0.477 e. The lowest BCUT2D eigenvalue weighted by Gasteiger charge is -2.38. The molecule has 3 aromatic rings. The molecule has 4 rings (SSSR count). The molecular formula is C19H15BrN2O4S. The van der Waals surface area contributed by atoms with Gasteiger partial charge in [0.15, 0.2) is 0 Å². The number of carboxylic acid groups (broad SMARTS) is 1. The van der Waals surface area contributed by atoms with E-state index in [0.29, 0.717) is 23.1 Å². The van der Waals surface area contributed by atoms with Gasteiger partial charge in [-0.15, -0.1) is 11.3 Å². The van der Waals surface area contributed by atoms with Crippen molar-refractivity contribution < 1.29 is 19.4 Å². The average Bonchev–Trinajstić information content (AvgIpc) is 2.96. The van der Waals surface area contributed by atoms with E-state index in [2.05, 4.69) is 20.9 Å². The quantitative estimate of drug-likeness (QED) is 0.638. The highest BCUT2D eigenvalue weighted by Gasteiger charge is 2.33. The summed E-state index contributed by atoms with van der Waals surface area (Å²) in [5, 5.41) is 9.23. The standard InChI is InChI=1S/C19H15BrN2O4S/c20-15-16-14(27-17(15)18(23)24)6-12(7-21-16)13-8-22(9-13)19(25)26-10-11-4-2-1-3-5-11/h1-7,13H,8-10H2,(H,23,24). The van der Waals surface area contributed by atoms with Gasteiger partial charge in [-0.3, -0.25) is 4.98 Å². The Kier molecular flexibility index (Phi) is 4.84. The van der Waals surface area contributed by atoms with Crippen LogP contribution in [-0.4, -0.2) is 40.1 Å². The SMILES string of the molecule is O=C(O)c1sc2cc(C3CN(C(=O)OCc4ccccc4)C3)cnc2c1Br. The number of rotatable bonds is 4. The zero-order valence-corrected chi connectivity index (χ0v) is 16.5. The number of hydrogen-bond acceptors (Lipinski definition) is 5. The van der Waals surface area contributed by atoms with Crippen LogP contribution < -0.4 is 0 Å². The van der Waals surface area contributed by atoms with Crippen LogP contribution in [0.3, 0.4) is 0 Å². The minimum absolute atomic E-state index is 0.181. The number of amides is 1. The predicted octanol–water partition coefficient (Wildman–Crippen LogP) is 4.49. The van der Waals surface area contributed by atoms with Crippen molar-refractivity contribution in [2.24, 2.45) is 0 Å². The first kappa shape index (κ1) is 17.9. The van der Waals surface area contributed by atoms with Crippen molar-refractivity contribution in [1.82, 2.24) is 9.88 Å². The maximum Gasteiger partial charge on any atom is 0.410 e. The van der Waals surface area contributed by atoms with E-state index >= 15 is 0 Å². The zero-order valence-electron chi connectivity index (χ0n) is 14.1. The van der Waals surface area contributed by atoms with Crippen molar-refractivity contribution in [3.63, 3.8) is 0 Å². The van der Waals surface area contributed by atoms with Gasteiger partial charge >= 0.3 is 12.1 Å². The topological polar surface area (TPSA) is 79.7 Å². The molecule has 27 heavy (non-hydrogen) atoms. The van der Waals surface area contributed by atoms with Crippen LogP contribution >= 0.6 is 27.3 Å². The third-order valence-electron chi connectivity index (χ3n) is 4.50. The van der Waals surface area contributed by atoms with Crippen LogP contribution in [0.15, 0.2) is 47.1 Å². The van der Waals surface area contributed by atoms with E-state index in [1.54, 1.807) is 11.1 Å². The van der Waals surface area contributed by atoms with E-state index in [0.717, 1.165) is 15.8 Å². The van der Waals surface area contributed by atoms with Gasteiger partial charge in [-0.05, 0) is 33.1 Å². The molecule has 1 aromatic carbocycles. The fourth-order valence-corrected chi connectivity index (χ4v) is 4.77. The van der Waals surface area contributed by atoms with Gasteiger partial charge in [0, 0.05) is 25.2 Å². The first-order valence-corrected chi connectivity index (χ1v) is 9.90. The number of carbonyl (C=O) groups excluding carboxylic acids is 1. The molecule has 1 saturated heterocycles. The molecule has 1 aliphatic heterocycles. The number of benzene rings is 1. The molecule has 0 radical (unpaired) electrons. The third-order valence-corrected chi connectivity index (χ3v) is 6.65. The maximum absolute atomic E-state index is 12.1. The smallest absolute Gasteiger partial charge is 0.410 e. The van der Waals surface area contributed by atoms with Gasteiger partial charge in [-0.25, -0.2) is 9.59 Å². The van der Waals surface area contributed by atoms with Gasteiger partial charge in [0.25, 0.3) is 0 Å². The summed E-state index contributed by atoms with van der Waals surface area (Å²) in [5.74, 6) is -0.789.